The van der Waals surface area contributed by atoms with Gasteiger partial charge < -0.3 is 15.4 Å². The van der Waals surface area contributed by atoms with E-state index in [-0.39, 0.29) is 12.1 Å². The van der Waals surface area contributed by atoms with Crippen LogP contribution in [0, 0.1) is 0 Å². The Morgan fingerprint density at radius 1 is 1.35 bits per heavy atom. The van der Waals surface area contributed by atoms with Crippen LogP contribution in [0.5, 0.6) is 5.75 Å². The van der Waals surface area contributed by atoms with Crippen LogP contribution in [0.1, 0.15) is 15.9 Å². The number of nitrogens with one attached hydrogen (secondary N) is 2. The second kappa shape index (κ2) is 6.10. The summed E-state index contributed by atoms with van der Waals surface area (Å²) in [5, 5.41) is 13.6. The van der Waals surface area contributed by atoms with E-state index in [9.17, 15) is 14.7 Å². The first-order chi connectivity index (χ1) is 11.1. The summed E-state index contributed by atoms with van der Waals surface area (Å²) >= 11 is 5.89. The van der Waals surface area contributed by atoms with Crippen molar-refractivity contribution in [3.63, 3.8) is 0 Å². The molecule has 1 amide bonds. The van der Waals surface area contributed by atoms with Crippen LogP contribution in [0.2, 0.25) is 5.02 Å². The number of hydrogen-bond acceptors (Lipinski definition) is 4. The highest BCUT2D eigenvalue weighted by molar-refractivity contribution is 6.31. The normalized spacial score (nSPS) is 10.7. The SMILES string of the molecule is O=C(NCc1cccnc1)c1c(O)c2cc(Cl)ccc2[nH]c1=O. The molecule has 3 rings (SSSR count). The summed E-state index contributed by atoms with van der Waals surface area (Å²) in [7, 11) is 0. The minimum atomic E-state index is -0.672. The van der Waals surface area contributed by atoms with Crippen molar-refractivity contribution in [1.29, 1.82) is 0 Å². The molecule has 6 nitrogen and oxygen atoms in total. The second-order valence-electron chi connectivity index (χ2n) is 4.91. The van der Waals surface area contributed by atoms with Crippen LogP contribution in [0.3, 0.4) is 0 Å². The molecule has 2 aromatic heterocycles. The topological polar surface area (TPSA) is 95.1 Å². The van der Waals surface area contributed by atoms with E-state index in [1.165, 1.54) is 6.07 Å². The Hall–Kier alpha value is -2.86. The second-order valence-corrected chi connectivity index (χ2v) is 5.35. The summed E-state index contributed by atoms with van der Waals surface area (Å²) in [5.74, 6) is -1.07. The molecule has 7 heteroatoms. The average Bonchev–Trinajstić information content (AvgIpc) is 2.55. The molecule has 0 saturated carbocycles. The maximum atomic E-state index is 12.2. The Balaban J connectivity index is 1.95. The number of pyridine rings is 2. The molecule has 0 aliphatic rings. The molecule has 0 bridgehead atoms. The maximum Gasteiger partial charge on any atom is 0.265 e. The van der Waals surface area contributed by atoms with Crippen molar-refractivity contribution in [1.82, 2.24) is 15.3 Å². The number of benzene rings is 1. The standard InChI is InChI=1S/C16H12ClN3O3/c17-10-3-4-12-11(6-10)14(21)13(16(23)20-12)15(22)19-8-9-2-1-5-18-7-9/h1-7H,8H2,(H,19,22)(H2,20,21,23). The fourth-order valence-corrected chi connectivity index (χ4v) is 2.40. The van der Waals surface area contributed by atoms with Gasteiger partial charge in [0.2, 0.25) is 0 Å². The minimum Gasteiger partial charge on any atom is -0.506 e. The van der Waals surface area contributed by atoms with Crippen LogP contribution in [-0.2, 0) is 6.54 Å². The van der Waals surface area contributed by atoms with Gasteiger partial charge in [0.05, 0.1) is 5.52 Å². The summed E-state index contributed by atoms with van der Waals surface area (Å²) in [6, 6.07) is 8.17. The maximum absolute atomic E-state index is 12.2. The predicted octanol–water partition coefficient (Wildman–Crippen LogP) is 2.21. The number of rotatable bonds is 3. The Morgan fingerprint density at radius 2 is 2.17 bits per heavy atom. The molecule has 0 fully saturated rings. The lowest BCUT2D eigenvalue weighted by Gasteiger charge is -2.08. The summed E-state index contributed by atoms with van der Waals surface area (Å²) in [4.78, 5) is 30.8. The number of aromatic nitrogens is 2. The van der Waals surface area contributed by atoms with Crippen molar-refractivity contribution in [2.45, 2.75) is 6.54 Å². The molecule has 3 aromatic rings. The van der Waals surface area contributed by atoms with Crippen molar-refractivity contribution in [3.8, 4) is 5.75 Å². The number of nitrogens with zero attached hydrogens (tertiary/aromatic N) is 1. The van der Waals surface area contributed by atoms with Gasteiger partial charge in [0.15, 0.2) is 0 Å². The van der Waals surface area contributed by atoms with Crippen molar-refractivity contribution in [2.75, 3.05) is 0 Å². The van der Waals surface area contributed by atoms with E-state index < -0.39 is 17.2 Å². The molecule has 3 N–H and O–H groups in total. The van der Waals surface area contributed by atoms with E-state index in [0.29, 0.717) is 15.9 Å². The van der Waals surface area contributed by atoms with Crippen LogP contribution in [-0.4, -0.2) is 21.0 Å². The Morgan fingerprint density at radius 3 is 2.91 bits per heavy atom. The molecule has 0 unspecified atom stereocenters. The number of fused-ring (bicyclic) bond motifs is 1. The van der Waals surface area contributed by atoms with Crippen LogP contribution in [0.25, 0.3) is 10.9 Å². The molecule has 2 heterocycles. The average molecular weight is 330 g/mol. The van der Waals surface area contributed by atoms with Crippen LogP contribution in [0.15, 0.2) is 47.5 Å². The van der Waals surface area contributed by atoms with Crippen molar-refractivity contribution in [2.24, 2.45) is 0 Å². The quantitative estimate of drug-likeness (QED) is 0.686. The molecule has 0 aliphatic carbocycles. The van der Waals surface area contributed by atoms with E-state index in [2.05, 4.69) is 15.3 Å². The lowest BCUT2D eigenvalue weighted by Crippen LogP contribution is -2.29. The number of aromatic hydroxyl groups is 1. The smallest absolute Gasteiger partial charge is 0.265 e. The van der Waals surface area contributed by atoms with Crippen LogP contribution < -0.4 is 10.9 Å². The summed E-state index contributed by atoms with van der Waals surface area (Å²) < 4.78 is 0. The minimum absolute atomic E-state index is 0.194. The third kappa shape index (κ3) is 3.02. The highest BCUT2D eigenvalue weighted by Crippen LogP contribution is 2.27. The van der Waals surface area contributed by atoms with Crippen molar-refractivity contribution < 1.29 is 9.90 Å². The number of H-pyrrole nitrogens is 1. The summed E-state index contributed by atoms with van der Waals surface area (Å²) in [6.45, 7) is 0.194. The highest BCUT2D eigenvalue weighted by Gasteiger charge is 2.19. The first-order valence-corrected chi connectivity index (χ1v) is 7.15. The van der Waals surface area contributed by atoms with Gasteiger partial charge in [-0.25, -0.2) is 0 Å². The number of aromatic amines is 1. The number of halogens is 1. The molecular weight excluding hydrogens is 318 g/mol. The Bertz CT molecular complexity index is 938. The zero-order valence-electron chi connectivity index (χ0n) is 11.8. The van der Waals surface area contributed by atoms with Crippen LogP contribution in [0.4, 0.5) is 0 Å². The molecule has 0 saturated heterocycles. The third-order valence-corrected chi connectivity index (χ3v) is 3.59. The van der Waals surface area contributed by atoms with E-state index in [0.717, 1.165) is 5.56 Å². The van der Waals surface area contributed by atoms with Crippen molar-refractivity contribution >= 4 is 28.4 Å². The third-order valence-electron chi connectivity index (χ3n) is 3.35. The van der Waals surface area contributed by atoms with Gasteiger partial charge in [-0.1, -0.05) is 17.7 Å². The van der Waals surface area contributed by atoms with Gasteiger partial charge in [0.25, 0.3) is 11.5 Å². The number of amides is 1. The van der Waals surface area contributed by atoms with E-state index in [1.807, 2.05) is 0 Å². The summed E-state index contributed by atoms with van der Waals surface area (Å²) in [5.41, 5.74) is 0.172. The van der Waals surface area contributed by atoms with Gasteiger partial charge in [-0.2, -0.15) is 0 Å². The number of hydrogen-bond donors (Lipinski definition) is 3. The van der Waals surface area contributed by atoms with Crippen LogP contribution >= 0.6 is 11.6 Å². The highest BCUT2D eigenvalue weighted by atomic mass is 35.5. The van der Waals surface area contributed by atoms with E-state index in [1.54, 1.807) is 36.7 Å². The molecule has 0 atom stereocenters. The fourth-order valence-electron chi connectivity index (χ4n) is 2.23. The fraction of sp³-hybridized carbons (Fsp3) is 0.0625. The zero-order chi connectivity index (χ0) is 16.4. The molecule has 0 aliphatic heterocycles. The first-order valence-electron chi connectivity index (χ1n) is 6.78. The number of carbonyl (C=O) groups excluding carboxylic acids is 1. The molecule has 23 heavy (non-hydrogen) atoms. The lowest BCUT2D eigenvalue weighted by molar-refractivity contribution is 0.0947. The monoisotopic (exact) mass is 329 g/mol. The predicted molar refractivity (Wildman–Crippen MR) is 86.7 cm³/mol. The summed E-state index contributed by atoms with van der Waals surface area (Å²) in [6.07, 6.45) is 3.22. The number of carbonyl (C=O) groups is 1. The molecule has 0 spiro atoms. The first kappa shape index (κ1) is 15.1. The molecular formula is C16H12ClN3O3. The molecule has 116 valence electrons. The van der Waals surface area contributed by atoms with Gasteiger partial charge in [-0.05, 0) is 29.8 Å². The van der Waals surface area contributed by atoms with E-state index in [4.69, 9.17) is 11.6 Å². The molecule has 1 aromatic carbocycles. The molecule has 0 radical (unpaired) electrons. The largest absolute Gasteiger partial charge is 0.506 e. The Labute approximate surface area is 135 Å². The van der Waals surface area contributed by atoms with Gasteiger partial charge in [-0.3, -0.25) is 14.6 Å². The van der Waals surface area contributed by atoms with Crippen molar-refractivity contribution in [3.05, 3.63) is 69.2 Å². The van der Waals surface area contributed by atoms with Gasteiger partial charge in [0.1, 0.15) is 11.3 Å². The lowest BCUT2D eigenvalue weighted by atomic mass is 10.1. The van der Waals surface area contributed by atoms with E-state index >= 15 is 0 Å². The zero-order valence-corrected chi connectivity index (χ0v) is 12.6. The Kier molecular flexibility index (Phi) is 3.99. The van der Waals surface area contributed by atoms with Gasteiger partial charge >= 0.3 is 0 Å². The van der Waals surface area contributed by atoms with Gasteiger partial charge in [-0.15, -0.1) is 0 Å². The van der Waals surface area contributed by atoms with Gasteiger partial charge in [0, 0.05) is 29.3 Å².